The summed E-state index contributed by atoms with van der Waals surface area (Å²) in [6.45, 7) is 8.76. The third-order valence-corrected chi connectivity index (χ3v) is 4.97. The van der Waals surface area contributed by atoms with Crippen molar-refractivity contribution in [1.82, 2.24) is 10.2 Å². The highest BCUT2D eigenvalue weighted by atomic mass is 19.1. The number of likely N-dealkylation sites (N-methyl/N-ethyl adjacent to an activating group) is 1. The highest BCUT2D eigenvalue weighted by molar-refractivity contribution is 5.29. The summed E-state index contributed by atoms with van der Waals surface area (Å²) in [5, 5.41) is 3.47. The molecule has 1 fully saturated rings. The van der Waals surface area contributed by atoms with Crippen molar-refractivity contribution in [3.8, 4) is 0 Å². The van der Waals surface area contributed by atoms with Crippen LogP contribution < -0.4 is 5.32 Å². The van der Waals surface area contributed by atoms with Gasteiger partial charge < -0.3 is 5.32 Å². The highest BCUT2D eigenvalue weighted by Gasteiger charge is 2.39. The summed E-state index contributed by atoms with van der Waals surface area (Å²) in [6, 6.07) is 5.73. The summed E-state index contributed by atoms with van der Waals surface area (Å²) in [5.41, 5.74) is 1.99. The number of likely N-dealkylation sites (tertiary alicyclic amines) is 1. The van der Waals surface area contributed by atoms with Gasteiger partial charge in [-0.15, -0.1) is 0 Å². The molecule has 0 radical (unpaired) electrons. The monoisotopic (exact) mass is 278 g/mol. The molecule has 2 atom stereocenters. The van der Waals surface area contributed by atoms with Gasteiger partial charge in [0.2, 0.25) is 0 Å². The van der Waals surface area contributed by atoms with Gasteiger partial charge in [0, 0.05) is 5.54 Å². The quantitative estimate of drug-likeness (QED) is 0.884. The molecule has 0 saturated carbocycles. The zero-order chi connectivity index (χ0) is 14.8. The average Bonchev–Trinajstić information content (AvgIpc) is 2.98. The van der Waals surface area contributed by atoms with Crippen molar-refractivity contribution >= 4 is 0 Å². The first-order valence-electron chi connectivity index (χ1n) is 7.71. The normalized spacial score (nSPS) is 20.9. The van der Waals surface area contributed by atoms with Gasteiger partial charge in [-0.05, 0) is 70.4 Å². The largest absolute Gasteiger partial charge is 0.311 e. The van der Waals surface area contributed by atoms with Crippen molar-refractivity contribution in [2.75, 3.05) is 20.1 Å². The molecule has 0 aromatic heterocycles. The SMILES string of the molecule is CCC(C)(C(NC)c1ccc(F)c(C)c1)N1CCCC1. The molecule has 2 nitrogen and oxygen atoms in total. The van der Waals surface area contributed by atoms with Gasteiger partial charge in [-0.1, -0.05) is 19.1 Å². The Morgan fingerprint density at radius 2 is 2.00 bits per heavy atom. The maximum Gasteiger partial charge on any atom is 0.126 e. The summed E-state index contributed by atoms with van der Waals surface area (Å²) < 4.78 is 13.5. The van der Waals surface area contributed by atoms with Crippen LogP contribution in [0.5, 0.6) is 0 Å². The number of nitrogens with one attached hydrogen (secondary N) is 1. The lowest BCUT2D eigenvalue weighted by molar-refractivity contribution is 0.0872. The number of rotatable bonds is 5. The number of halogens is 1. The summed E-state index contributed by atoms with van der Waals surface area (Å²) in [6.07, 6.45) is 3.65. The molecule has 1 aliphatic rings. The van der Waals surface area contributed by atoms with Gasteiger partial charge in [0.15, 0.2) is 0 Å². The number of benzene rings is 1. The molecule has 1 aromatic carbocycles. The van der Waals surface area contributed by atoms with E-state index in [-0.39, 0.29) is 17.4 Å². The Morgan fingerprint density at radius 1 is 1.35 bits per heavy atom. The van der Waals surface area contributed by atoms with Crippen LogP contribution in [0, 0.1) is 12.7 Å². The summed E-state index contributed by atoms with van der Waals surface area (Å²) in [5.74, 6) is -0.122. The van der Waals surface area contributed by atoms with Crippen molar-refractivity contribution in [3.63, 3.8) is 0 Å². The molecule has 20 heavy (non-hydrogen) atoms. The Labute approximate surface area is 122 Å². The molecule has 2 unspecified atom stereocenters. The predicted octanol–water partition coefficient (Wildman–Crippen LogP) is 3.66. The van der Waals surface area contributed by atoms with Crippen molar-refractivity contribution in [3.05, 3.63) is 35.1 Å². The molecule has 1 aliphatic heterocycles. The molecule has 0 bridgehead atoms. The highest BCUT2D eigenvalue weighted by Crippen LogP contribution is 2.36. The number of hydrogen-bond donors (Lipinski definition) is 1. The fourth-order valence-electron chi connectivity index (χ4n) is 3.52. The van der Waals surface area contributed by atoms with Gasteiger partial charge in [-0.2, -0.15) is 0 Å². The fourth-order valence-corrected chi connectivity index (χ4v) is 3.52. The van der Waals surface area contributed by atoms with Gasteiger partial charge in [-0.3, -0.25) is 4.90 Å². The lowest BCUT2D eigenvalue weighted by Crippen LogP contribution is -2.52. The Morgan fingerprint density at radius 3 is 2.50 bits per heavy atom. The van der Waals surface area contributed by atoms with Crippen molar-refractivity contribution in [2.45, 2.75) is 51.6 Å². The zero-order valence-corrected chi connectivity index (χ0v) is 13.2. The maximum absolute atomic E-state index is 13.5. The van der Waals surface area contributed by atoms with E-state index < -0.39 is 0 Å². The van der Waals surface area contributed by atoms with Crippen LogP contribution in [-0.4, -0.2) is 30.6 Å². The average molecular weight is 278 g/mol. The number of nitrogens with zero attached hydrogens (tertiary/aromatic N) is 1. The van der Waals surface area contributed by atoms with E-state index in [1.165, 1.54) is 31.5 Å². The van der Waals surface area contributed by atoms with E-state index in [1.54, 1.807) is 6.07 Å². The molecule has 1 aromatic rings. The van der Waals surface area contributed by atoms with E-state index in [2.05, 4.69) is 24.1 Å². The van der Waals surface area contributed by atoms with Crippen LogP contribution >= 0.6 is 0 Å². The molecule has 0 aliphatic carbocycles. The van der Waals surface area contributed by atoms with Gasteiger partial charge in [-0.25, -0.2) is 4.39 Å². The zero-order valence-electron chi connectivity index (χ0n) is 13.2. The third-order valence-electron chi connectivity index (χ3n) is 4.97. The van der Waals surface area contributed by atoms with Crippen LogP contribution in [-0.2, 0) is 0 Å². The van der Waals surface area contributed by atoms with Gasteiger partial charge in [0.05, 0.1) is 6.04 Å². The molecular formula is C17H27FN2. The first-order valence-corrected chi connectivity index (χ1v) is 7.71. The van der Waals surface area contributed by atoms with E-state index in [9.17, 15) is 4.39 Å². The lowest BCUT2D eigenvalue weighted by atomic mass is 9.82. The Balaban J connectivity index is 2.35. The predicted molar refractivity (Wildman–Crippen MR) is 82.4 cm³/mol. The molecule has 1 N–H and O–H groups in total. The Hall–Kier alpha value is -0.930. The first-order chi connectivity index (χ1) is 9.52. The van der Waals surface area contributed by atoms with E-state index in [0.29, 0.717) is 0 Å². The van der Waals surface area contributed by atoms with Crippen molar-refractivity contribution < 1.29 is 4.39 Å². The summed E-state index contributed by atoms with van der Waals surface area (Å²) in [7, 11) is 2.01. The lowest BCUT2D eigenvalue weighted by Gasteiger charge is -2.44. The molecule has 0 amide bonds. The molecule has 0 spiro atoms. The molecular weight excluding hydrogens is 251 g/mol. The van der Waals surface area contributed by atoms with Crippen LogP contribution in [0.2, 0.25) is 0 Å². The van der Waals surface area contributed by atoms with E-state index in [4.69, 9.17) is 0 Å². The van der Waals surface area contributed by atoms with Crippen LogP contribution in [0.3, 0.4) is 0 Å². The second-order valence-corrected chi connectivity index (χ2v) is 6.14. The Kier molecular flexibility index (Phi) is 4.82. The van der Waals surface area contributed by atoms with Crippen molar-refractivity contribution in [1.29, 1.82) is 0 Å². The van der Waals surface area contributed by atoms with Gasteiger partial charge in [0.25, 0.3) is 0 Å². The first kappa shape index (κ1) is 15.5. The van der Waals surface area contributed by atoms with Gasteiger partial charge >= 0.3 is 0 Å². The summed E-state index contributed by atoms with van der Waals surface area (Å²) >= 11 is 0. The molecule has 1 heterocycles. The van der Waals surface area contributed by atoms with Gasteiger partial charge in [0.1, 0.15) is 5.82 Å². The Bertz CT molecular complexity index is 454. The smallest absolute Gasteiger partial charge is 0.126 e. The minimum absolute atomic E-state index is 0.0789. The van der Waals surface area contributed by atoms with Crippen LogP contribution in [0.15, 0.2) is 18.2 Å². The molecule has 112 valence electrons. The standard InChI is InChI=1S/C17H27FN2/c1-5-17(3,20-10-6-7-11-20)16(19-4)14-8-9-15(18)13(2)12-14/h8-9,12,16,19H,5-7,10-11H2,1-4H3. The van der Waals surface area contributed by atoms with E-state index >= 15 is 0 Å². The molecule has 3 heteroatoms. The van der Waals surface area contributed by atoms with E-state index in [1.807, 2.05) is 26.1 Å². The molecule has 2 rings (SSSR count). The second-order valence-electron chi connectivity index (χ2n) is 6.14. The molecule has 1 saturated heterocycles. The topological polar surface area (TPSA) is 15.3 Å². The minimum atomic E-state index is -0.122. The fraction of sp³-hybridized carbons (Fsp3) is 0.647. The minimum Gasteiger partial charge on any atom is -0.311 e. The van der Waals surface area contributed by atoms with Crippen molar-refractivity contribution in [2.24, 2.45) is 0 Å². The number of hydrogen-bond acceptors (Lipinski definition) is 2. The van der Waals surface area contributed by atoms with Crippen LogP contribution in [0.1, 0.15) is 50.3 Å². The maximum atomic E-state index is 13.5. The second kappa shape index (κ2) is 6.23. The number of aryl methyl sites for hydroxylation is 1. The van der Waals surface area contributed by atoms with Crippen LogP contribution in [0.25, 0.3) is 0 Å². The van der Waals surface area contributed by atoms with E-state index in [0.717, 1.165) is 12.0 Å². The van der Waals surface area contributed by atoms with Crippen LogP contribution in [0.4, 0.5) is 4.39 Å². The third kappa shape index (κ3) is 2.75. The summed E-state index contributed by atoms with van der Waals surface area (Å²) in [4.78, 5) is 2.59.